The molecule has 3 aromatic rings. The molecule has 0 aliphatic rings. The Labute approximate surface area is 232 Å². The molecule has 0 bridgehead atoms. The molecule has 0 fully saturated rings. The first-order valence-electron chi connectivity index (χ1n) is 14.0. The monoisotopic (exact) mass is 528 g/mol. The Kier molecular flexibility index (Phi) is 13.4. The number of unbranched alkanes of at least 4 members (excludes halogenated alkanes) is 6. The zero-order chi connectivity index (χ0) is 27.5. The van der Waals surface area contributed by atoms with Gasteiger partial charge in [0.25, 0.3) is 0 Å². The Balaban J connectivity index is 1.36. The van der Waals surface area contributed by atoms with Crippen LogP contribution in [-0.4, -0.2) is 41.8 Å². The number of ether oxygens (including phenoxy) is 2. The van der Waals surface area contributed by atoms with Crippen molar-refractivity contribution in [3.8, 4) is 5.75 Å². The minimum absolute atomic E-state index is 0.207. The lowest BCUT2D eigenvalue weighted by Crippen LogP contribution is -2.00. The molecular formula is C32H40N4O3. The predicted molar refractivity (Wildman–Crippen MR) is 158 cm³/mol. The van der Waals surface area contributed by atoms with Crippen molar-refractivity contribution in [1.82, 2.24) is 10.2 Å². The average molecular weight is 529 g/mol. The molecule has 0 amide bonds. The maximum Gasteiger partial charge on any atom is 0.302 e. The Morgan fingerprint density at radius 1 is 0.744 bits per heavy atom. The summed E-state index contributed by atoms with van der Waals surface area (Å²) in [6, 6.07) is 19.8. The smallest absolute Gasteiger partial charge is 0.302 e. The van der Waals surface area contributed by atoms with Gasteiger partial charge in [0.15, 0.2) is 5.82 Å². The van der Waals surface area contributed by atoms with Gasteiger partial charge in [0.05, 0.1) is 24.6 Å². The predicted octanol–water partition coefficient (Wildman–Crippen LogP) is 7.60. The molecule has 0 saturated heterocycles. The lowest BCUT2D eigenvalue weighted by Gasteiger charge is -2.06. The van der Waals surface area contributed by atoms with Crippen molar-refractivity contribution < 1.29 is 14.3 Å². The summed E-state index contributed by atoms with van der Waals surface area (Å²) in [6.07, 6.45) is 13.4. The molecule has 206 valence electrons. The lowest BCUT2D eigenvalue weighted by atomic mass is 10.1. The van der Waals surface area contributed by atoms with Gasteiger partial charge in [-0.1, -0.05) is 63.3 Å². The highest BCUT2D eigenvalue weighted by Gasteiger charge is 1.99. The molecule has 1 heterocycles. The Morgan fingerprint density at radius 3 is 2.05 bits per heavy atom. The Hall–Kier alpha value is -3.87. The number of rotatable bonds is 17. The summed E-state index contributed by atoms with van der Waals surface area (Å²) in [5.74, 6) is 1.25. The molecule has 7 heteroatoms. The van der Waals surface area contributed by atoms with Gasteiger partial charge in [-0.15, -0.1) is 5.10 Å². The van der Waals surface area contributed by atoms with Crippen LogP contribution < -0.4 is 4.74 Å². The molecule has 0 radical (unpaired) electrons. The van der Waals surface area contributed by atoms with Crippen LogP contribution in [0.5, 0.6) is 5.75 Å². The van der Waals surface area contributed by atoms with Gasteiger partial charge in [0.2, 0.25) is 0 Å². The highest BCUT2D eigenvalue weighted by Crippen LogP contribution is 2.19. The number of benzene rings is 2. The molecule has 0 atom stereocenters. The second-order valence-electron chi connectivity index (χ2n) is 9.47. The number of aromatic nitrogens is 2. The van der Waals surface area contributed by atoms with Crippen LogP contribution >= 0.6 is 0 Å². The molecule has 0 spiro atoms. The highest BCUT2D eigenvalue weighted by atomic mass is 16.5. The van der Waals surface area contributed by atoms with E-state index in [-0.39, 0.29) is 5.97 Å². The van der Waals surface area contributed by atoms with Gasteiger partial charge in [-0.2, -0.15) is 5.10 Å². The van der Waals surface area contributed by atoms with Crippen LogP contribution in [0.25, 0.3) is 0 Å². The number of esters is 1. The third-order valence-corrected chi connectivity index (χ3v) is 6.09. The summed E-state index contributed by atoms with van der Waals surface area (Å²) in [5.41, 5.74) is 3.89. The molecule has 0 aliphatic carbocycles. The van der Waals surface area contributed by atoms with Crippen molar-refractivity contribution in [2.24, 2.45) is 9.98 Å². The van der Waals surface area contributed by atoms with Gasteiger partial charge in [0, 0.05) is 19.4 Å². The average Bonchev–Trinajstić information content (AvgIpc) is 2.96. The van der Waals surface area contributed by atoms with Gasteiger partial charge >= 0.3 is 5.97 Å². The summed E-state index contributed by atoms with van der Waals surface area (Å²) in [6.45, 7) is 4.85. The van der Waals surface area contributed by atoms with E-state index in [9.17, 15) is 4.79 Å². The number of carbonyl (C=O) groups excluding carboxylic acids is 1. The number of aryl methyl sites for hydroxylation is 1. The molecule has 3 rings (SSSR count). The minimum atomic E-state index is -0.207. The van der Waals surface area contributed by atoms with Crippen LogP contribution in [0.2, 0.25) is 0 Å². The maximum atomic E-state index is 10.7. The van der Waals surface area contributed by atoms with E-state index in [2.05, 4.69) is 27.1 Å². The zero-order valence-electron chi connectivity index (χ0n) is 23.2. The van der Waals surface area contributed by atoms with E-state index in [1.807, 2.05) is 66.9 Å². The van der Waals surface area contributed by atoms with E-state index in [0.29, 0.717) is 19.0 Å². The largest absolute Gasteiger partial charge is 0.494 e. The number of carbonyl (C=O) groups is 1. The zero-order valence-corrected chi connectivity index (χ0v) is 23.2. The van der Waals surface area contributed by atoms with Crippen molar-refractivity contribution >= 4 is 29.9 Å². The van der Waals surface area contributed by atoms with Gasteiger partial charge in [-0.05, 0) is 73.2 Å². The SMILES string of the molecule is CCCCCc1ccc(N=Cc2ccc(C=Nc3ccc(OCCCCCCCOC(C)=O)cc3)cc2)nn1. The van der Waals surface area contributed by atoms with Gasteiger partial charge < -0.3 is 9.47 Å². The standard InChI is InChI=1S/C32H40N4O3/c1-3-4-8-11-30-18-21-32(36-35-30)34-25-28-14-12-27(13-15-28)24-33-29-16-19-31(20-17-29)39-23-10-7-5-6-9-22-38-26(2)37/h12-21,24-25H,3-11,22-23H2,1-2H3. The molecule has 0 saturated carbocycles. The van der Waals surface area contributed by atoms with Gasteiger partial charge in [0.1, 0.15) is 5.75 Å². The second-order valence-corrected chi connectivity index (χ2v) is 9.47. The number of hydrogen-bond donors (Lipinski definition) is 0. The highest BCUT2D eigenvalue weighted by molar-refractivity contribution is 5.86. The van der Waals surface area contributed by atoms with Crippen LogP contribution in [0.4, 0.5) is 11.5 Å². The number of nitrogens with zero attached hydrogens (tertiary/aromatic N) is 4. The Morgan fingerprint density at radius 2 is 1.41 bits per heavy atom. The van der Waals surface area contributed by atoms with Crippen molar-refractivity contribution in [3.05, 3.63) is 77.5 Å². The molecule has 0 unspecified atom stereocenters. The van der Waals surface area contributed by atoms with E-state index in [0.717, 1.165) is 73.2 Å². The van der Waals surface area contributed by atoms with Crippen molar-refractivity contribution in [2.75, 3.05) is 13.2 Å². The van der Waals surface area contributed by atoms with E-state index < -0.39 is 0 Å². The molecule has 2 aromatic carbocycles. The molecule has 1 aromatic heterocycles. The van der Waals surface area contributed by atoms with Gasteiger partial charge in [-0.3, -0.25) is 9.79 Å². The van der Waals surface area contributed by atoms with Crippen LogP contribution in [0.3, 0.4) is 0 Å². The third-order valence-electron chi connectivity index (χ3n) is 6.09. The van der Waals surface area contributed by atoms with Gasteiger partial charge in [-0.25, -0.2) is 4.99 Å². The number of aliphatic imine (C=N–C) groups is 2. The fourth-order valence-corrected chi connectivity index (χ4v) is 3.84. The summed E-state index contributed by atoms with van der Waals surface area (Å²) >= 11 is 0. The summed E-state index contributed by atoms with van der Waals surface area (Å²) in [5, 5.41) is 8.48. The first-order chi connectivity index (χ1) is 19.1. The van der Waals surface area contributed by atoms with Crippen molar-refractivity contribution in [3.63, 3.8) is 0 Å². The van der Waals surface area contributed by atoms with E-state index >= 15 is 0 Å². The van der Waals surface area contributed by atoms with Crippen molar-refractivity contribution in [1.29, 1.82) is 0 Å². The van der Waals surface area contributed by atoms with Crippen LogP contribution in [0.15, 0.2) is 70.6 Å². The third kappa shape index (κ3) is 12.5. The van der Waals surface area contributed by atoms with E-state index in [1.54, 1.807) is 6.21 Å². The molecular weight excluding hydrogens is 488 g/mol. The molecule has 0 aliphatic heterocycles. The topological polar surface area (TPSA) is 86.0 Å². The van der Waals surface area contributed by atoms with Crippen LogP contribution in [0, 0.1) is 0 Å². The lowest BCUT2D eigenvalue weighted by molar-refractivity contribution is -0.141. The van der Waals surface area contributed by atoms with Crippen LogP contribution in [-0.2, 0) is 16.0 Å². The fraction of sp³-hybridized carbons (Fsp3) is 0.406. The molecule has 39 heavy (non-hydrogen) atoms. The summed E-state index contributed by atoms with van der Waals surface area (Å²) in [7, 11) is 0. The summed E-state index contributed by atoms with van der Waals surface area (Å²) in [4.78, 5) is 19.7. The number of hydrogen-bond acceptors (Lipinski definition) is 7. The first-order valence-corrected chi connectivity index (χ1v) is 14.0. The Bertz CT molecular complexity index is 1160. The fourth-order valence-electron chi connectivity index (χ4n) is 3.84. The normalized spacial score (nSPS) is 11.3. The second kappa shape index (κ2) is 17.6. The van der Waals surface area contributed by atoms with Crippen molar-refractivity contribution in [2.45, 2.75) is 71.6 Å². The quantitative estimate of drug-likeness (QED) is 0.102. The van der Waals surface area contributed by atoms with E-state index in [1.165, 1.54) is 19.8 Å². The maximum absolute atomic E-state index is 10.7. The molecule has 7 nitrogen and oxygen atoms in total. The molecule has 0 N–H and O–H groups in total. The van der Waals surface area contributed by atoms with E-state index in [4.69, 9.17) is 9.47 Å². The minimum Gasteiger partial charge on any atom is -0.494 e. The van der Waals surface area contributed by atoms with Crippen LogP contribution in [0.1, 0.15) is 82.0 Å². The summed E-state index contributed by atoms with van der Waals surface area (Å²) < 4.78 is 10.8. The first kappa shape index (κ1) is 29.7.